The Balaban J connectivity index is 1.85. The molecular weight excluding hydrogens is 456 g/mol. The molecule has 0 fully saturated rings. The summed E-state index contributed by atoms with van der Waals surface area (Å²) < 4.78 is 40.7. The summed E-state index contributed by atoms with van der Waals surface area (Å²) in [4.78, 5) is 32.2. The van der Waals surface area contributed by atoms with E-state index in [9.17, 15) is 9.59 Å². The van der Waals surface area contributed by atoms with Crippen LogP contribution in [0.2, 0.25) is 0 Å². The Bertz CT molecular complexity index is 1270. The van der Waals surface area contributed by atoms with Crippen molar-refractivity contribution in [2.24, 2.45) is 0 Å². The Hall–Kier alpha value is -4.27. The summed E-state index contributed by atoms with van der Waals surface area (Å²) in [7, 11) is 2.48. The average Bonchev–Trinajstić information content (AvgIpc) is 2.88. The van der Waals surface area contributed by atoms with E-state index in [4.69, 9.17) is 9.47 Å². The number of anilines is 3. The number of aromatic nitrogens is 1. The monoisotopic (exact) mass is 479 g/mol. The van der Waals surface area contributed by atoms with Gasteiger partial charge in [-0.3, -0.25) is 19.6 Å². The molecule has 4 rings (SSSR count). The number of ether oxygens (including phenoxy) is 2. The number of hydrogen-bond acceptors (Lipinski definition) is 5. The number of ketones is 1. The van der Waals surface area contributed by atoms with Crippen molar-refractivity contribution < 1.29 is 27.8 Å². The van der Waals surface area contributed by atoms with Crippen molar-refractivity contribution in [2.45, 2.75) is 19.4 Å². The molecule has 2 heterocycles. The Morgan fingerprint density at radius 3 is 2.37 bits per heavy atom. The summed E-state index contributed by atoms with van der Waals surface area (Å²) in [6.45, 7) is 3.33. The number of urea groups is 1. The van der Waals surface area contributed by atoms with Gasteiger partial charge in [-0.15, -0.1) is 0 Å². The molecule has 0 unspecified atom stereocenters. The van der Waals surface area contributed by atoms with E-state index < -0.39 is 23.4 Å². The minimum absolute atomic E-state index is 0.121. The van der Waals surface area contributed by atoms with Crippen LogP contribution in [-0.4, -0.2) is 31.0 Å². The summed E-state index contributed by atoms with van der Waals surface area (Å²) in [5.41, 5.74) is 1.59. The molecule has 180 valence electrons. The quantitative estimate of drug-likeness (QED) is 0.408. The molecule has 3 aromatic rings. The molecule has 0 saturated carbocycles. The molecule has 0 N–H and O–H groups in total. The van der Waals surface area contributed by atoms with Crippen molar-refractivity contribution in [3.05, 3.63) is 84.2 Å². The van der Waals surface area contributed by atoms with E-state index in [0.29, 0.717) is 29.1 Å². The third kappa shape index (κ3) is 4.44. The number of methoxy groups -OCH3 is 2. The van der Waals surface area contributed by atoms with E-state index in [1.165, 1.54) is 25.2 Å². The van der Waals surface area contributed by atoms with Gasteiger partial charge in [0.1, 0.15) is 5.69 Å². The number of hydrogen-bond donors (Lipinski definition) is 0. The standard InChI is InChI=1S/C26H23F2N3O4/c1-4-19(32)11-10-17-12-20-16(14-29-17)15-30(26(33)31(20)18-8-6-5-7-9-18)25-23(27)21(34-2)13-22(35-3)24(25)28/h4-9,12-14H,1,10-11,15H2,2-3H3. The van der Waals surface area contributed by atoms with Crippen LogP contribution in [0.1, 0.15) is 17.7 Å². The van der Waals surface area contributed by atoms with Crippen molar-refractivity contribution in [1.82, 2.24) is 4.98 Å². The highest BCUT2D eigenvalue weighted by atomic mass is 19.1. The first-order valence-electron chi connectivity index (χ1n) is 10.8. The largest absolute Gasteiger partial charge is 0.493 e. The number of amides is 2. The maximum Gasteiger partial charge on any atom is 0.334 e. The first-order chi connectivity index (χ1) is 16.9. The zero-order valence-electron chi connectivity index (χ0n) is 19.3. The van der Waals surface area contributed by atoms with Gasteiger partial charge < -0.3 is 9.47 Å². The molecule has 2 aromatic carbocycles. The van der Waals surface area contributed by atoms with E-state index >= 15 is 8.78 Å². The van der Waals surface area contributed by atoms with Gasteiger partial charge in [-0.05, 0) is 30.7 Å². The highest BCUT2D eigenvalue weighted by molar-refractivity contribution is 6.11. The maximum absolute atomic E-state index is 15.3. The van der Waals surface area contributed by atoms with Gasteiger partial charge in [0.05, 0.1) is 32.1 Å². The molecule has 0 spiro atoms. The van der Waals surface area contributed by atoms with Crippen LogP contribution in [0.4, 0.5) is 30.6 Å². The number of benzene rings is 2. The molecule has 0 atom stereocenters. The second-order valence-electron chi connectivity index (χ2n) is 7.77. The van der Waals surface area contributed by atoms with Gasteiger partial charge in [0, 0.05) is 29.9 Å². The Kier molecular flexibility index (Phi) is 6.77. The minimum Gasteiger partial charge on any atom is -0.493 e. The Labute approximate surface area is 201 Å². The minimum atomic E-state index is -1.02. The van der Waals surface area contributed by atoms with Crippen LogP contribution < -0.4 is 19.3 Å². The number of carbonyl (C=O) groups excluding carboxylic acids is 2. The molecule has 9 heteroatoms. The third-order valence-electron chi connectivity index (χ3n) is 5.70. The van der Waals surface area contributed by atoms with E-state index in [2.05, 4.69) is 11.6 Å². The zero-order valence-corrected chi connectivity index (χ0v) is 19.3. The van der Waals surface area contributed by atoms with Crippen LogP contribution >= 0.6 is 0 Å². The summed E-state index contributed by atoms with van der Waals surface area (Å²) >= 11 is 0. The molecule has 35 heavy (non-hydrogen) atoms. The first-order valence-corrected chi connectivity index (χ1v) is 10.8. The van der Waals surface area contributed by atoms with Crippen molar-refractivity contribution in [3.8, 4) is 11.5 Å². The van der Waals surface area contributed by atoms with Gasteiger partial charge in [-0.1, -0.05) is 24.8 Å². The van der Waals surface area contributed by atoms with Crippen LogP contribution in [0, 0.1) is 11.6 Å². The highest BCUT2D eigenvalue weighted by Gasteiger charge is 2.37. The molecule has 7 nitrogen and oxygen atoms in total. The zero-order chi connectivity index (χ0) is 25.1. The molecule has 1 aliphatic rings. The number of halogens is 2. The molecular formula is C26H23F2N3O4. The molecule has 0 saturated heterocycles. The fourth-order valence-electron chi connectivity index (χ4n) is 3.91. The number of rotatable bonds is 8. The topological polar surface area (TPSA) is 72.0 Å². The van der Waals surface area contributed by atoms with Crippen molar-refractivity contribution >= 4 is 28.9 Å². The van der Waals surface area contributed by atoms with Gasteiger partial charge >= 0.3 is 6.03 Å². The fourth-order valence-corrected chi connectivity index (χ4v) is 3.91. The smallest absolute Gasteiger partial charge is 0.334 e. The normalized spacial score (nSPS) is 12.9. The van der Waals surface area contributed by atoms with E-state index in [1.54, 1.807) is 42.6 Å². The van der Waals surface area contributed by atoms with Crippen LogP contribution in [0.15, 0.2) is 61.3 Å². The molecule has 0 bridgehead atoms. The number of pyridine rings is 1. The predicted octanol–water partition coefficient (Wildman–Crippen LogP) is 5.34. The maximum atomic E-state index is 15.3. The summed E-state index contributed by atoms with van der Waals surface area (Å²) in [6, 6.07) is 10.9. The number of aryl methyl sites for hydroxylation is 1. The van der Waals surface area contributed by atoms with Gasteiger partial charge in [0.25, 0.3) is 0 Å². The van der Waals surface area contributed by atoms with E-state index in [1.807, 2.05) is 0 Å². The average molecular weight is 479 g/mol. The van der Waals surface area contributed by atoms with Crippen LogP contribution in [0.5, 0.6) is 11.5 Å². The predicted molar refractivity (Wildman–Crippen MR) is 127 cm³/mol. The second-order valence-corrected chi connectivity index (χ2v) is 7.77. The van der Waals surface area contributed by atoms with Gasteiger partial charge in [0.2, 0.25) is 0 Å². The summed E-state index contributed by atoms with van der Waals surface area (Å²) in [5, 5.41) is 0. The third-order valence-corrected chi connectivity index (χ3v) is 5.70. The van der Waals surface area contributed by atoms with E-state index in [-0.39, 0.29) is 30.2 Å². The van der Waals surface area contributed by atoms with Crippen molar-refractivity contribution in [3.63, 3.8) is 0 Å². The van der Waals surface area contributed by atoms with E-state index in [0.717, 1.165) is 11.0 Å². The number of nitrogens with zero attached hydrogens (tertiary/aromatic N) is 3. The molecule has 0 aliphatic carbocycles. The number of allylic oxidation sites excluding steroid dienone is 1. The van der Waals surface area contributed by atoms with Crippen molar-refractivity contribution in [1.29, 1.82) is 0 Å². The number of fused-ring (bicyclic) bond motifs is 1. The van der Waals surface area contributed by atoms with Crippen molar-refractivity contribution in [2.75, 3.05) is 24.0 Å². The summed E-state index contributed by atoms with van der Waals surface area (Å²) in [5.74, 6) is -2.69. The lowest BCUT2D eigenvalue weighted by atomic mass is 10.1. The van der Waals surface area contributed by atoms with Gasteiger partial charge in [0.15, 0.2) is 28.9 Å². The Morgan fingerprint density at radius 1 is 1.11 bits per heavy atom. The molecule has 1 aliphatic heterocycles. The van der Waals surface area contributed by atoms with Crippen LogP contribution in [0.25, 0.3) is 0 Å². The number of para-hydroxylation sites is 1. The van der Waals surface area contributed by atoms with Crippen LogP contribution in [-0.2, 0) is 17.8 Å². The van der Waals surface area contributed by atoms with Gasteiger partial charge in [-0.2, -0.15) is 0 Å². The Morgan fingerprint density at radius 2 is 1.77 bits per heavy atom. The first kappa shape index (κ1) is 23.9. The SMILES string of the molecule is C=CC(=O)CCc1cc2c(cn1)CN(c1c(F)c(OC)cc(OC)c1F)C(=O)N2c1ccccc1. The lowest BCUT2D eigenvalue weighted by molar-refractivity contribution is -0.114. The van der Waals surface area contributed by atoms with Crippen LogP contribution in [0.3, 0.4) is 0 Å². The number of carbonyl (C=O) groups is 2. The lowest BCUT2D eigenvalue weighted by Gasteiger charge is -2.37. The summed E-state index contributed by atoms with van der Waals surface area (Å²) in [6.07, 6.45) is 3.38. The van der Waals surface area contributed by atoms with Gasteiger partial charge in [-0.25, -0.2) is 13.6 Å². The molecule has 1 aromatic heterocycles. The molecule has 2 amide bonds. The highest BCUT2D eigenvalue weighted by Crippen LogP contribution is 2.42. The molecule has 0 radical (unpaired) electrons. The fraction of sp³-hybridized carbons (Fsp3) is 0.192. The second kappa shape index (κ2) is 9.92. The lowest BCUT2D eigenvalue weighted by Crippen LogP contribution is -2.46.